The minimum Gasteiger partial charge on any atom is -0.402 e. The van der Waals surface area contributed by atoms with Crippen LogP contribution in [0, 0.1) is 0 Å². The molecule has 7 heavy (non-hydrogen) atoms. The van der Waals surface area contributed by atoms with Gasteiger partial charge in [-0.25, -0.2) is 0 Å². The molecule has 1 rings (SSSR count). The van der Waals surface area contributed by atoms with Crippen molar-refractivity contribution >= 4 is 14.6 Å². The van der Waals surface area contributed by atoms with Crippen LogP contribution in [0.3, 0.4) is 0 Å². The Morgan fingerprint density at radius 3 is 1.29 bits per heavy atom. The molecule has 1 heterocycles. The van der Waals surface area contributed by atoms with Gasteiger partial charge in [-0.2, -0.15) is 0 Å². The second-order valence-electron chi connectivity index (χ2n) is 1.05. The Labute approximate surface area is 42.7 Å². The average molecular weight is 99.7 g/mol. The largest absolute Gasteiger partial charge is 0.631 e. The van der Waals surface area contributed by atoms with Crippen LogP contribution in [0.4, 0.5) is 0 Å². The smallest absolute Gasteiger partial charge is 0.402 e. The lowest BCUT2D eigenvalue weighted by molar-refractivity contribution is 0.278. The fourth-order valence-corrected chi connectivity index (χ4v) is 0. The minimum absolute atomic E-state index is 1.25. The second kappa shape index (κ2) is 3.92. The van der Waals surface area contributed by atoms with Crippen molar-refractivity contribution in [1.29, 1.82) is 0 Å². The predicted octanol–water partition coefficient (Wildman–Crippen LogP) is -2.14. The molecule has 0 amide bonds. The third-order valence-corrected chi connectivity index (χ3v) is 0.236. The highest BCUT2D eigenvalue weighted by atomic mass is 16.5. The molecule has 0 aromatic carbocycles. The molecule has 0 fully saturated rings. The number of hydrogen-bond acceptors (Lipinski definition) is 3. The SMILES string of the molecule is B1C=C1.OB(O)O. The van der Waals surface area contributed by atoms with E-state index in [1.165, 1.54) is 7.28 Å². The monoisotopic (exact) mass is 100 g/mol. The summed E-state index contributed by atoms with van der Waals surface area (Å²) in [7, 11) is -0.917. The van der Waals surface area contributed by atoms with E-state index in [1.807, 2.05) is 0 Å². The molecule has 0 saturated carbocycles. The zero-order valence-corrected chi connectivity index (χ0v) is 3.78. The molecule has 0 bridgehead atoms. The van der Waals surface area contributed by atoms with Crippen molar-refractivity contribution in [3.05, 3.63) is 12.0 Å². The van der Waals surface area contributed by atoms with Gasteiger partial charge < -0.3 is 15.1 Å². The molecule has 38 valence electrons. The Morgan fingerprint density at radius 1 is 1.14 bits per heavy atom. The van der Waals surface area contributed by atoms with Gasteiger partial charge in [0.25, 0.3) is 0 Å². The van der Waals surface area contributed by atoms with Gasteiger partial charge in [-0.1, -0.05) is 0 Å². The number of rotatable bonds is 0. The Morgan fingerprint density at radius 2 is 1.29 bits per heavy atom. The molecule has 0 saturated heterocycles. The lowest BCUT2D eigenvalue weighted by Crippen LogP contribution is -2.07. The van der Waals surface area contributed by atoms with Gasteiger partial charge in [-0.15, -0.1) is 12.0 Å². The van der Waals surface area contributed by atoms with Crippen molar-refractivity contribution in [2.75, 3.05) is 0 Å². The summed E-state index contributed by atoms with van der Waals surface area (Å²) in [6, 6.07) is 0. The van der Waals surface area contributed by atoms with Crippen LogP contribution < -0.4 is 0 Å². The molecule has 1 aliphatic rings. The molecule has 0 aliphatic carbocycles. The van der Waals surface area contributed by atoms with Crippen molar-refractivity contribution < 1.29 is 15.1 Å². The van der Waals surface area contributed by atoms with Gasteiger partial charge in [0, 0.05) is 0 Å². The van der Waals surface area contributed by atoms with Gasteiger partial charge in [-0.3, -0.25) is 0 Å². The van der Waals surface area contributed by atoms with Crippen molar-refractivity contribution in [2.24, 2.45) is 0 Å². The third kappa shape index (κ3) is 144. The minimum atomic E-state index is -2.17. The zero-order chi connectivity index (χ0) is 5.70. The summed E-state index contributed by atoms with van der Waals surface area (Å²) < 4.78 is 0. The summed E-state index contributed by atoms with van der Waals surface area (Å²) >= 11 is 0. The zero-order valence-electron chi connectivity index (χ0n) is 3.78. The predicted molar refractivity (Wildman–Crippen MR) is 28.7 cm³/mol. The molecule has 0 atom stereocenters. The van der Waals surface area contributed by atoms with E-state index in [9.17, 15) is 0 Å². The molecule has 5 heteroatoms. The van der Waals surface area contributed by atoms with Gasteiger partial charge in [0.05, 0.1) is 0 Å². The van der Waals surface area contributed by atoms with E-state index < -0.39 is 7.32 Å². The van der Waals surface area contributed by atoms with Crippen molar-refractivity contribution in [2.45, 2.75) is 0 Å². The van der Waals surface area contributed by atoms with E-state index in [0.29, 0.717) is 0 Å². The van der Waals surface area contributed by atoms with E-state index in [-0.39, 0.29) is 0 Å². The van der Waals surface area contributed by atoms with Gasteiger partial charge in [-0.05, 0) is 0 Å². The van der Waals surface area contributed by atoms with Gasteiger partial charge in [0.2, 0.25) is 0 Å². The summed E-state index contributed by atoms with van der Waals surface area (Å²) in [5, 5.41) is 21.5. The van der Waals surface area contributed by atoms with Gasteiger partial charge in [0.15, 0.2) is 7.28 Å². The summed E-state index contributed by atoms with van der Waals surface area (Å²) in [4.78, 5) is 0. The molecule has 3 nitrogen and oxygen atoms in total. The van der Waals surface area contributed by atoms with Crippen LogP contribution in [-0.2, 0) is 0 Å². The lowest BCUT2D eigenvalue weighted by atomic mass is 10.1. The first-order chi connectivity index (χ1) is 3.23. The van der Waals surface area contributed by atoms with Crippen LogP contribution in [-0.4, -0.2) is 29.7 Å². The number of hydrogen-bond donors (Lipinski definition) is 3. The van der Waals surface area contributed by atoms with Crippen LogP contribution in [0.2, 0.25) is 0 Å². The summed E-state index contributed by atoms with van der Waals surface area (Å²) in [5.41, 5.74) is 0. The first kappa shape index (κ1) is 6.75. The maximum absolute atomic E-state index is 7.17. The van der Waals surface area contributed by atoms with Crippen LogP contribution in [0.1, 0.15) is 0 Å². The molecular weight excluding hydrogens is 93.6 g/mol. The Balaban J connectivity index is 0.000000105. The fraction of sp³-hybridized carbons (Fsp3) is 0. The molecule has 1 aliphatic heterocycles. The maximum Gasteiger partial charge on any atom is 0.631 e. The highest BCUT2D eigenvalue weighted by Gasteiger charge is 1.92. The molecule has 0 unspecified atom stereocenters. The van der Waals surface area contributed by atoms with Gasteiger partial charge >= 0.3 is 7.32 Å². The van der Waals surface area contributed by atoms with Crippen LogP contribution >= 0.6 is 0 Å². The van der Waals surface area contributed by atoms with E-state index in [2.05, 4.69) is 12.0 Å². The Hall–Kier alpha value is -0.250. The lowest BCUT2D eigenvalue weighted by Gasteiger charge is -1.69. The summed E-state index contributed by atoms with van der Waals surface area (Å²) in [6.07, 6.45) is 0. The summed E-state index contributed by atoms with van der Waals surface area (Å²) in [5.74, 6) is 4.25. The van der Waals surface area contributed by atoms with E-state index in [1.54, 1.807) is 0 Å². The Kier molecular flexibility index (Phi) is 3.78. The topological polar surface area (TPSA) is 60.7 Å². The average Bonchev–Trinajstić information content (AvgIpc) is 2.02. The summed E-state index contributed by atoms with van der Waals surface area (Å²) in [6.45, 7) is 0. The van der Waals surface area contributed by atoms with E-state index in [4.69, 9.17) is 15.1 Å². The quantitative estimate of drug-likeness (QED) is 0.304. The Bertz CT molecular complexity index is 55.2. The first-order valence-electron chi connectivity index (χ1n) is 1.92. The molecule has 0 radical (unpaired) electrons. The third-order valence-electron chi connectivity index (χ3n) is 0.236. The van der Waals surface area contributed by atoms with Crippen molar-refractivity contribution in [3.8, 4) is 0 Å². The first-order valence-corrected chi connectivity index (χ1v) is 1.92. The second-order valence-corrected chi connectivity index (χ2v) is 1.05. The highest BCUT2D eigenvalue weighted by molar-refractivity contribution is 6.60. The van der Waals surface area contributed by atoms with Crippen molar-refractivity contribution in [3.63, 3.8) is 0 Å². The van der Waals surface area contributed by atoms with Crippen LogP contribution in [0.5, 0.6) is 0 Å². The van der Waals surface area contributed by atoms with Gasteiger partial charge in [0.1, 0.15) is 0 Å². The van der Waals surface area contributed by atoms with E-state index in [0.717, 1.165) is 0 Å². The van der Waals surface area contributed by atoms with Crippen LogP contribution in [0.25, 0.3) is 0 Å². The van der Waals surface area contributed by atoms with E-state index >= 15 is 0 Å². The standard InChI is InChI=1S/C2H3B.BH3O3/c1-2-3-1;2-1(3)4/h1-3H;2-4H. The molecule has 3 N–H and O–H groups in total. The fourth-order valence-electron chi connectivity index (χ4n) is 0. The van der Waals surface area contributed by atoms with Crippen molar-refractivity contribution in [1.82, 2.24) is 0 Å². The normalized spacial score (nSPS) is 10.7. The molecule has 0 spiro atoms. The highest BCUT2D eigenvalue weighted by Crippen LogP contribution is 1.79. The molecular formula is C2H6B2O3. The molecule has 0 aromatic rings. The molecule has 0 aromatic heterocycles. The van der Waals surface area contributed by atoms with Crippen LogP contribution in [0.15, 0.2) is 12.0 Å². The maximum atomic E-state index is 7.17.